The monoisotopic (exact) mass is 875 g/mol. The molecule has 0 bridgehead atoms. The fourth-order valence-corrected chi connectivity index (χ4v) is 11.6. The van der Waals surface area contributed by atoms with Crippen LogP contribution >= 0.6 is 0 Å². The molecule has 0 spiro atoms. The molecule has 68 heavy (non-hydrogen) atoms. The Kier molecular flexibility index (Phi) is 8.88. The minimum absolute atomic E-state index is 0.0196. The molecule has 1 aliphatic carbocycles. The second kappa shape index (κ2) is 15.0. The number of allylic oxidation sites excluding steroid dienone is 1. The summed E-state index contributed by atoms with van der Waals surface area (Å²) < 4.78 is 6.93. The van der Waals surface area contributed by atoms with Gasteiger partial charge in [-0.05, 0) is 117 Å². The van der Waals surface area contributed by atoms with Crippen LogP contribution in [0.5, 0.6) is 0 Å². The third-order valence-electron chi connectivity index (χ3n) is 14.8. The summed E-state index contributed by atoms with van der Waals surface area (Å²) in [5.74, 6) is 0. The number of hydrogen-bond donors (Lipinski definition) is 0. The first kappa shape index (κ1) is 40.3. The number of nitrogens with zero attached hydrogens (tertiary/aromatic N) is 3. The Morgan fingerprint density at radius 3 is 1.82 bits per heavy atom. The summed E-state index contributed by atoms with van der Waals surface area (Å²) in [7, 11) is 0. The lowest BCUT2D eigenvalue weighted by molar-refractivity contribution is 0.590. The van der Waals surface area contributed by atoms with E-state index in [0.29, 0.717) is 0 Å². The van der Waals surface area contributed by atoms with Crippen molar-refractivity contribution >= 4 is 90.8 Å². The number of fused-ring (bicyclic) bond motifs is 8. The molecular weight excluding hydrogens is 826 g/mol. The van der Waals surface area contributed by atoms with E-state index in [1.54, 1.807) is 0 Å². The second-order valence-corrected chi connectivity index (χ2v) is 20.1. The Morgan fingerprint density at radius 1 is 0.500 bits per heavy atom. The van der Waals surface area contributed by atoms with Gasteiger partial charge in [0, 0.05) is 67.3 Å². The van der Waals surface area contributed by atoms with Crippen molar-refractivity contribution in [2.24, 2.45) is 0 Å². The normalized spacial score (nSPS) is 14.5. The number of rotatable bonds is 6. The molecule has 4 nitrogen and oxygen atoms in total. The quantitative estimate of drug-likeness (QED) is 0.155. The first-order chi connectivity index (χ1) is 33.1. The van der Waals surface area contributed by atoms with Crippen LogP contribution in [0.15, 0.2) is 222 Å². The molecule has 2 aliphatic heterocycles. The Morgan fingerprint density at radius 2 is 1.12 bits per heavy atom. The lowest BCUT2D eigenvalue weighted by Crippen LogP contribution is -2.57. The van der Waals surface area contributed by atoms with Gasteiger partial charge < -0.3 is 19.1 Å². The molecule has 0 N–H and O–H groups in total. The average molecular weight is 876 g/mol. The van der Waals surface area contributed by atoms with Crippen molar-refractivity contribution in [2.75, 3.05) is 14.7 Å². The summed E-state index contributed by atoms with van der Waals surface area (Å²) in [6.07, 6.45) is 0. The van der Waals surface area contributed by atoms with Gasteiger partial charge in [-0.3, -0.25) is 0 Å². The van der Waals surface area contributed by atoms with Crippen LogP contribution < -0.4 is 25.6 Å². The number of para-hydroxylation sites is 4. The van der Waals surface area contributed by atoms with Gasteiger partial charge in [-0.25, -0.2) is 0 Å². The highest BCUT2D eigenvalue weighted by Crippen LogP contribution is 2.57. The van der Waals surface area contributed by atoms with Gasteiger partial charge in [-0.1, -0.05) is 174 Å². The van der Waals surface area contributed by atoms with E-state index in [9.17, 15) is 0 Å². The first-order valence-electron chi connectivity index (χ1n) is 23.9. The van der Waals surface area contributed by atoms with Crippen molar-refractivity contribution < 1.29 is 4.42 Å². The SMILES string of the molecule is CC(C)(C)c1ccc(N2C3=C(B4c5ccc(N(c6ccccc6)c6ccccc6)cc5N(c5cccc6c5oc5ccccc56)c5cccc2c54)C(C)(C)c2ccc(-c4ccccc4)cc23)cc1. The number of benzene rings is 9. The molecule has 0 fully saturated rings. The zero-order valence-electron chi connectivity index (χ0n) is 39.0. The molecule has 0 atom stereocenters. The average Bonchev–Trinajstić information content (AvgIpc) is 3.86. The van der Waals surface area contributed by atoms with Crippen molar-refractivity contribution in [3.63, 3.8) is 0 Å². The van der Waals surface area contributed by atoms with Gasteiger partial charge in [-0.2, -0.15) is 0 Å². The van der Waals surface area contributed by atoms with E-state index in [-0.39, 0.29) is 17.5 Å². The molecule has 10 aromatic rings. The maximum Gasteiger partial charge on any atom is 0.248 e. The minimum Gasteiger partial charge on any atom is -0.454 e. The van der Waals surface area contributed by atoms with E-state index in [1.807, 2.05) is 0 Å². The van der Waals surface area contributed by atoms with Gasteiger partial charge in [-0.15, -0.1) is 0 Å². The third-order valence-corrected chi connectivity index (χ3v) is 14.8. The molecule has 0 saturated heterocycles. The van der Waals surface area contributed by atoms with Gasteiger partial charge in [0.2, 0.25) is 6.71 Å². The summed E-state index contributed by atoms with van der Waals surface area (Å²) in [5.41, 5.74) is 22.0. The molecule has 0 unspecified atom stereocenters. The summed E-state index contributed by atoms with van der Waals surface area (Å²) in [4.78, 5) is 7.47. The fraction of sp³-hybridized carbons (Fsp3) is 0.111. The van der Waals surface area contributed by atoms with E-state index in [2.05, 4.69) is 262 Å². The number of hydrogen-bond acceptors (Lipinski definition) is 4. The topological polar surface area (TPSA) is 22.9 Å². The molecule has 3 aliphatic rings. The summed E-state index contributed by atoms with van der Waals surface area (Å²) in [5, 5.41) is 2.22. The van der Waals surface area contributed by atoms with Gasteiger partial charge in [0.25, 0.3) is 0 Å². The fourth-order valence-electron chi connectivity index (χ4n) is 11.6. The zero-order chi connectivity index (χ0) is 45.9. The lowest BCUT2D eigenvalue weighted by atomic mass is 9.30. The molecule has 326 valence electrons. The van der Waals surface area contributed by atoms with Crippen LogP contribution in [0.4, 0.5) is 45.5 Å². The molecule has 0 amide bonds. The maximum atomic E-state index is 6.93. The predicted octanol–water partition coefficient (Wildman–Crippen LogP) is 15.8. The zero-order valence-corrected chi connectivity index (χ0v) is 39.0. The van der Waals surface area contributed by atoms with Crippen molar-refractivity contribution in [3.05, 3.63) is 234 Å². The Labute approximate surface area is 399 Å². The second-order valence-electron chi connectivity index (χ2n) is 20.1. The van der Waals surface area contributed by atoms with E-state index in [4.69, 9.17) is 4.42 Å². The highest BCUT2D eigenvalue weighted by Gasteiger charge is 2.53. The molecular formula is C63H50BN3O. The van der Waals surface area contributed by atoms with Crippen molar-refractivity contribution in [1.82, 2.24) is 0 Å². The van der Waals surface area contributed by atoms with Crippen LogP contribution in [0.2, 0.25) is 0 Å². The summed E-state index contributed by atoms with van der Waals surface area (Å²) in [6, 6.07) is 78.0. The van der Waals surface area contributed by atoms with Crippen LogP contribution in [0.1, 0.15) is 51.3 Å². The van der Waals surface area contributed by atoms with Crippen LogP contribution in [-0.2, 0) is 10.8 Å². The van der Waals surface area contributed by atoms with Gasteiger partial charge in [0.05, 0.1) is 5.69 Å². The number of anilines is 8. The van der Waals surface area contributed by atoms with E-state index < -0.39 is 0 Å². The highest BCUT2D eigenvalue weighted by molar-refractivity contribution is 6.96. The first-order valence-corrected chi connectivity index (χ1v) is 23.9. The minimum atomic E-state index is -0.323. The van der Waals surface area contributed by atoms with Crippen LogP contribution in [0.25, 0.3) is 38.8 Å². The van der Waals surface area contributed by atoms with E-state index >= 15 is 0 Å². The Hall–Kier alpha value is -8.02. The largest absolute Gasteiger partial charge is 0.454 e. The molecule has 3 heterocycles. The standard InChI is InChI=1S/C63H50BN3O/c1-62(2,3)43-32-34-46(35-33-43)66-53-27-18-28-54-58(53)64(61-59(66)50-39-42(41-19-9-6-10-20-41)31-37-51(50)63(61,4)5)52-38-36-47(65(44-21-11-7-12-22-44)45-23-13-8-14-24-45)40-56(52)67(54)55-29-17-26-49-48-25-15-16-30-57(48)68-60(49)55/h6-40H,1-5H3. The summed E-state index contributed by atoms with van der Waals surface area (Å²) >= 11 is 0. The smallest absolute Gasteiger partial charge is 0.248 e. The van der Waals surface area contributed by atoms with Crippen LogP contribution in [-0.4, -0.2) is 6.71 Å². The number of furan rings is 1. The summed E-state index contributed by atoms with van der Waals surface area (Å²) in [6.45, 7) is 11.7. The van der Waals surface area contributed by atoms with E-state index in [1.165, 1.54) is 55.6 Å². The van der Waals surface area contributed by atoms with Gasteiger partial charge in [0.15, 0.2) is 5.58 Å². The molecule has 1 aromatic heterocycles. The van der Waals surface area contributed by atoms with Gasteiger partial charge >= 0.3 is 0 Å². The Bertz CT molecular complexity index is 3600. The predicted molar refractivity (Wildman–Crippen MR) is 287 cm³/mol. The van der Waals surface area contributed by atoms with Crippen molar-refractivity contribution in [1.29, 1.82) is 0 Å². The molecule has 5 heteroatoms. The molecule has 13 rings (SSSR count). The maximum absolute atomic E-state index is 6.93. The molecule has 9 aromatic carbocycles. The highest BCUT2D eigenvalue weighted by atomic mass is 16.3. The Balaban J connectivity index is 1.12. The van der Waals surface area contributed by atoms with Crippen molar-refractivity contribution in [3.8, 4) is 11.1 Å². The van der Waals surface area contributed by atoms with Crippen molar-refractivity contribution in [2.45, 2.75) is 45.4 Å². The molecule has 0 saturated carbocycles. The third kappa shape index (κ3) is 6.01. The van der Waals surface area contributed by atoms with Crippen LogP contribution in [0.3, 0.4) is 0 Å². The molecule has 0 radical (unpaired) electrons. The van der Waals surface area contributed by atoms with Crippen LogP contribution in [0, 0.1) is 0 Å². The lowest BCUT2D eigenvalue weighted by Gasteiger charge is -2.46. The van der Waals surface area contributed by atoms with Gasteiger partial charge in [0.1, 0.15) is 5.58 Å². The van der Waals surface area contributed by atoms with E-state index in [0.717, 1.165) is 61.8 Å².